The van der Waals surface area contributed by atoms with Crippen molar-refractivity contribution in [2.24, 2.45) is 4.99 Å². The molecule has 0 radical (unpaired) electrons. The van der Waals surface area contributed by atoms with Gasteiger partial charge in [-0.1, -0.05) is 53.7 Å². The summed E-state index contributed by atoms with van der Waals surface area (Å²) in [5.41, 5.74) is 1.31. The minimum absolute atomic E-state index is 0.117. The molecule has 0 spiro atoms. The Labute approximate surface area is 153 Å². The molecule has 0 saturated heterocycles. The van der Waals surface area contributed by atoms with Crippen LogP contribution in [0.4, 0.5) is 13.2 Å². The lowest BCUT2D eigenvalue weighted by Crippen LogP contribution is -2.33. The van der Waals surface area contributed by atoms with Crippen LogP contribution in [0.15, 0.2) is 53.5 Å². The predicted molar refractivity (Wildman–Crippen MR) is 95.4 cm³/mol. The van der Waals surface area contributed by atoms with Crippen LogP contribution in [-0.4, -0.2) is 23.7 Å². The molecular formula is C19H16F3NO2S. The van der Waals surface area contributed by atoms with Gasteiger partial charge in [-0.2, -0.15) is 8.78 Å². The Morgan fingerprint density at radius 1 is 1.08 bits per heavy atom. The summed E-state index contributed by atoms with van der Waals surface area (Å²) in [6.45, 7) is 3.71. The Morgan fingerprint density at radius 3 is 2.27 bits per heavy atom. The van der Waals surface area contributed by atoms with Crippen LogP contribution in [0.3, 0.4) is 0 Å². The second-order valence-corrected chi connectivity index (χ2v) is 6.97. The molecule has 0 amide bonds. The van der Waals surface area contributed by atoms with Crippen LogP contribution in [0.5, 0.6) is 0 Å². The number of thioether (sulfide) groups is 1. The Balaban J connectivity index is 1.89. The summed E-state index contributed by atoms with van der Waals surface area (Å²) in [4.78, 5) is 15.0. The van der Waals surface area contributed by atoms with E-state index in [2.05, 4.69) is 4.99 Å². The van der Waals surface area contributed by atoms with E-state index in [1.807, 2.05) is 0 Å². The highest BCUT2D eigenvalue weighted by atomic mass is 32.2. The molecule has 0 saturated carbocycles. The lowest BCUT2D eigenvalue weighted by Gasteiger charge is -2.24. The quantitative estimate of drug-likeness (QED) is 0.549. The second-order valence-electron chi connectivity index (χ2n) is 5.82. The van der Waals surface area contributed by atoms with Crippen molar-refractivity contribution in [2.75, 3.05) is 6.61 Å². The van der Waals surface area contributed by atoms with E-state index in [1.54, 1.807) is 26.0 Å². The minimum atomic E-state index is -3.90. The molecule has 2 aromatic carbocycles. The molecule has 1 unspecified atom stereocenters. The second kappa shape index (κ2) is 6.79. The van der Waals surface area contributed by atoms with Crippen LogP contribution in [0.1, 0.15) is 34.0 Å². The number of nitrogens with zero attached hydrogens (tertiary/aromatic N) is 1. The molecule has 136 valence electrons. The maximum atomic E-state index is 15.2. The number of aliphatic imine (C=N–C) groups is 1. The Hall–Kier alpha value is -2.28. The number of aryl methyl sites for hydroxylation is 1. The number of hydrogen-bond acceptors (Lipinski definition) is 4. The van der Waals surface area contributed by atoms with E-state index in [9.17, 15) is 13.6 Å². The third-order valence-electron chi connectivity index (χ3n) is 3.93. The van der Waals surface area contributed by atoms with E-state index in [1.165, 1.54) is 36.4 Å². The number of alkyl halides is 3. The highest BCUT2D eigenvalue weighted by Gasteiger charge is 2.62. The molecule has 3 nitrogen and oxygen atoms in total. The van der Waals surface area contributed by atoms with Gasteiger partial charge in [-0.3, -0.25) is 0 Å². The van der Waals surface area contributed by atoms with Crippen LogP contribution in [0.2, 0.25) is 0 Å². The van der Waals surface area contributed by atoms with E-state index >= 15 is 4.39 Å². The van der Waals surface area contributed by atoms with E-state index in [0.717, 1.165) is 5.56 Å². The molecule has 7 heteroatoms. The molecule has 1 atom stereocenters. The smallest absolute Gasteiger partial charge is 0.391 e. The van der Waals surface area contributed by atoms with Crippen molar-refractivity contribution in [1.82, 2.24) is 0 Å². The minimum Gasteiger partial charge on any atom is -0.462 e. The summed E-state index contributed by atoms with van der Waals surface area (Å²) in [6.07, 6.45) is 0. The predicted octanol–water partition coefficient (Wildman–Crippen LogP) is 5.08. The van der Waals surface area contributed by atoms with E-state index < -0.39 is 17.0 Å². The Kier molecular flexibility index (Phi) is 4.84. The first-order valence-corrected chi connectivity index (χ1v) is 8.79. The maximum Gasteiger partial charge on any atom is 0.391 e. The normalized spacial score (nSPS) is 21.3. The van der Waals surface area contributed by atoms with Gasteiger partial charge in [-0.15, -0.1) is 0 Å². The summed E-state index contributed by atoms with van der Waals surface area (Å²) in [5.74, 6) is -0.509. The van der Waals surface area contributed by atoms with Crippen molar-refractivity contribution in [1.29, 1.82) is 0 Å². The molecule has 1 aliphatic heterocycles. The van der Waals surface area contributed by atoms with Crippen LogP contribution < -0.4 is 0 Å². The summed E-state index contributed by atoms with van der Waals surface area (Å²) >= 11 is 0.374. The molecule has 0 N–H and O–H groups in total. The first-order chi connectivity index (χ1) is 12.3. The van der Waals surface area contributed by atoms with E-state index in [-0.39, 0.29) is 22.8 Å². The average molecular weight is 379 g/mol. The number of carbonyl (C=O) groups is 1. The molecule has 3 rings (SSSR count). The molecule has 0 aliphatic carbocycles. The zero-order chi connectivity index (χ0) is 18.9. The van der Waals surface area contributed by atoms with Crippen LogP contribution >= 0.6 is 11.8 Å². The van der Waals surface area contributed by atoms with Crippen molar-refractivity contribution < 1.29 is 22.7 Å². The summed E-state index contributed by atoms with van der Waals surface area (Å²) < 4.78 is 48.8. The third kappa shape index (κ3) is 3.23. The zero-order valence-corrected chi connectivity index (χ0v) is 14.9. The lowest BCUT2D eigenvalue weighted by atomic mass is 10.1. The summed E-state index contributed by atoms with van der Waals surface area (Å²) in [5, 5.41) is -3.09. The molecule has 0 fully saturated rings. The highest BCUT2D eigenvalue weighted by Crippen LogP contribution is 2.56. The fourth-order valence-electron chi connectivity index (χ4n) is 2.50. The fraction of sp³-hybridized carbons (Fsp3) is 0.263. The fourth-order valence-corrected chi connectivity index (χ4v) is 3.61. The average Bonchev–Trinajstić information content (AvgIpc) is 2.86. The third-order valence-corrected chi connectivity index (χ3v) is 5.21. The van der Waals surface area contributed by atoms with Crippen molar-refractivity contribution in [3.8, 4) is 0 Å². The lowest BCUT2D eigenvalue weighted by molar-refractivity contribution is -0.0815. The summed E-state index contributed by atoms with van der Waals surface area (Å²) in [6, 6.07) is 7.75. The molecule has 1 heterocycles. The first-order valence-electron chi connectivity index (χ1n) is 7.97. The molecule has 0 aromatic heterocycles. The van der Waals surface area contributed by atoms with E-state index in [0.29, 0.717) is 17.3 Å². The number of carbonyl (C=O) groups excluding carboxylic acids is 1. The molecule has 1 aliphatic rings. The SMILES string of the molecule is CCOC(=O)c1ccc(C2=NC(F)(F)C(F)(c3ccc(C)cc3)S2)cc1. The number of benzene rings is 2. The largest absolute Gasteiger partial charge is 0.462 e. The van der Waals surface area contributed by atoms with Crippen LogP contribution in [0, 0.1) is 6.92 Å². The van der Waals surface area contributed by atoms with Gasteiger partial charge in [0.15, 0.2) is 0 Å². The monoisotopic (exact) mass is 379 g/mol. The number of ether oxygens (including phenoxy) is 1. The zero-order valence-electron chi connectivity index (χ0n) is 14.1. The van der Waals surface area contributed by atoms with Gasteiger partial charge in [0.2, 0.25) is 0 Å². The van der Waals surface area contributed by atoms with Crippen molar-refractivity contribution >= 4 is 22.8 Å². The molecule has 2 aromatic rings. The molecular weight excluding hydrogens is 363 g/mol. The molecule has 26 heavy (non-hydrogen) atoms. The van der Waals surface area contributed by atoms with Gasteiger partial charge in [-0.25, -0.2) is 14.2 Å². The first kappa shape index (κ1) is 18.5. The van der Waals surface area contributed by atoms with Crippen molar-refractivity contribution in [2.45, 2.75) is 24.9 Å². The summed E-state index contributed by atoms with van der Waals surface area (Å²) in [7, 11) is 0. The van der Waals surface area contributed by atoms with Gasteiger partial charge < -0.3 is 4.74 Å². The standard InChI is InChI=1S/C19H16F3NO2S/c1-3-25-17(24)14-8-6-13(7-9-14)16-23-19(21,22)18(20,26-16)15-10-4-12(2)5-11-15/h4-11H,3H2,1-2H3. The van der Waals surface area contributed by atoms with Gasteiger partial charge in [0, 0.05) is 11.1 Å². The van der Waals surface area contributed by atoms with Gasteiger partial charge in [0.25, 0.3) is 5.00 Å². The highest BCUT2D eigenvalue weighted by molar-refractivity contribution is 8.15. The molecule has 0 bridgehead atoms. The number of hydrogen-bond donors (Lipinski definition) is 0. The van der Waals surface area contributed by atoms with Gasteiger partial charge in [0.1, 0.15) is 5.04 Å². The Bertz CT molecular complexity index is 850. The van der Waals surface area contributed by atoms with Gasteiger partial charge >= 0.3 is 12.0 Å². The maximum absolute atomic E-state index is 15.2. The number of esters is 1. The van der Waals surface area contributed by atoms with Crippen LogP contribution in [0.25, 0.3) is 0 Å². The van der Waals surface area contributed by atoms with Crippen molar-refractivity contribution in [3.63, 3.8) is 0 Å². The van der Waals surface area contributed by atoms with Crippen molar-refractivity contribution in [3.05, 3.63) is 70.8 Å². The number of rotatable bonds is 4. The van der Waals surface area contributed by atoms with Gasteiger partial charge in [0.05, 0.1) is 12.2 Å². The van der Waals surface area contributed by atoms with E-state index in [4.69, 9.17) is 4.74 Å². The number of halogens is 3. The van der Waals surface area contributed by atoms with Crippen LogP contribution in [-0.2, 0) is 9.74 Å². The van der Waals surface area contributed by atoms with Gasteiger partial charge in [-0.05, 0) is 26.0 Å². The Morgan fingerprint density at radius 2 is 1.69 bits per heavy atom. The topological polar surface area (TPSA) is 38.7 Å².